The lowest BCUT2D eigenvalue weighted by Crippen LogP contribution is -2.44. The van der Waals surface area contributed by atoms with Gasteiger partial charge in [0.25, 0.3) is 0 Å². The second-order valence-corrected chi connectivity index (χ2v) is 5.66. The highest BCUT2D eigenvalue weighted by atomic mass is 16.4. The number of carboxylic acids is 1. The predicted molar refractivity (Wildman–Crippen MR) is 83.0 cm³/mol. The molecular weight excluding hydrogens is 250 g/mol. The van der Waals surface area contributed by atoms with Crippen molar-refractivity contribution >= 4 is 5.97 Å². The normalized spacial score (nSPS) is 14.8. The van der Waals surface area contributed by atoms with Gasteiger partial charge in [-0.3, -0.25) is 4.79 Å². The van der Waals surface area contributed by atoms with Crippen LogP contribution in [-0.2, 0) is 4.79 Å². The van der Waals surface area contributed by atoms with Gasteiger partial charge in [0, 0.05) is 12.6 Å². The van der Waals surface area contributed by atoms with E-state index in [9.17, 15) is 9.90 Å². The number of carboxylic acid groups (broad SMARTS) is 1. The summed E-state index contributed by atoms with van der Waals surface area (Å²) in [6.45, 7) is 8.71. The van der Waals surface area contributed by atoms with Crippen LogP contribution in [0.1, 0.15) is 52.0 Å². The molecule has 20 heavy (non-hydrogen) atoms. The van der Waals surface area contributed by atoms with Crippen molar-refractivity contribution in [1.29, 1.82) is 0 Å². The molecule has 0 amide bonds. The van der Waals surface area contributed by atoms with Crippen molar-refractivity contribution in [3.8, 4) is 0 Å². The minimum absolute atomic E-state index is 0.245. The van der Waals surface area contributed by atoms with E-state index >= 15 is 0 Å². The summed E-state index contributed by atoms with van der Waals surface area (Å²) in [4.78, 5) is 11.5. The van der Waals surface area contributed by atoms with Crippen LogP contribution in [-0.4, -0.2) is 23.7 Å². The number of hydrogen-bond acceptors (Lipinski definition) is 2. The van der Waals surface area contributed by atoms with Crippen molar-refractivity contribution in [2.75, 3.05) is 6.54 Å². The molecule has 0 bridgehead atoms. The Hall–Kier alpha value is -1.35. The molecule has 2 atom stereocenters. The van der Waals surface area contributed by atoms with E-state index in [0.29, 0.717) is 25.3 Å². The van der Waals surface area contributed by atoms with E-state index in [1.165, 1.54) is 5.56 Å². The Bertz CT molecular complexity index is 412. The van der Waals surface area contributed by atoms with Gasteiger partial charge in [-0.25, -0.2) is 0 Å². The Morgan fingerprint density at radius 2 is 1.75 bits per heavy atom. The lowest BCUT2D eigenvalue weighted by molar-refractivity contribution is -0.149. The summed E-state index contributed by atoms with van der Waals surface area (Å²) in [6.07, 6.45) is 1.30. The van der Waals surface area contributed by atoms with Gasteiger partial charge in [0.05, 0.1) is 5.41 Å². The molecule has 0 saturated carbocycles. The molecule has 0 fully saturated rings. The van der Waals surface area contributed by atoms with Crippen molar-refractivity contribution in [1.82, 2.24) is 5.32 Å². The summed E-state index contributed by atoms with van der Waals surface area (Å²) in [6, 6.07) is 10.6. The molecule has 3 nitrogen and oxygen atoms in total. The zero-order chi connectivity index (χ0) is 15.2. The second kappa shape index (κ2) is 7.44. The van der Waals surface area contributed by atoms with Gasteiger partial charge < -0.3 is 10.4 Å². The van der Waals surface area contributed by atoms with Gasteiger partial charge in [-0.2, -0.15) is 0 Å². The lowest BCUT2D eigenvalue weighted by atomic mass is 9.81. The average Bonchev–Trinajstić information content (AvgIpc) is 2.48. The highest BCUT2D eigenvalue weighted by molar-refractivity contribution is 5.74. The number of hydrogen-bond donors (Lipinski definition) is 2. The van der Waals surface area contributed by atoms with Crippen LogP contribution in [0, 0.1) is 5.41 Å². The molecule has 1 aromatic carbocycles. The monoisotopic (exact) mass is 277 g/mol. The van der Waals surface area contributed by atoms with Crippen LogP contribution in [0.5, 0.6) is 0 Å². The summed E-state index contributed by atoms with van der Waals surface area (Å²) in [5.41, 5.74) is 0.631. The molecule has 1 aromatic rings. The molecule has 0 aliphatic heterocycles. The Balaban J connectivity index is 2.66. The Morgan fingerprint density at radius 1 is 1.20 bits per heavy atom. The maximum absolute atomic E-state index is 11.5. The lowest BCUT2D eigenvalue weighted by Gasteiger charge is -2.30. The highest BCUT2D eigenvalue weighted by Crippen LogP contribution is 2.27. The summed E-state index contributed by atoms with van der Waals surface area (Å²) in [7, 11) is 0. The first-order valence-corrected chi connectivity index (χ1v) is 7.48. The van der Waals surface area contributed by atoms with Crippen molar-refractivity contribution < 1.29 is 9.90 Å². The fourth-order valence-electron chi connectivity index (χ4n) is 2.46. The van der Waals surface area contributed by atoms with Gasteiger partial charge in [-0.05, 0) is 31.2 Å². The minimum Gasteiger partial charge on any atom is -0.481 e. The van der Waals surface area contributed by atoms with Crippen LogP contribution in [0.2, 0.25) is 0 Å². The van der Waals surface area contributed by atoms with Crippen molar-refractivity contribution in [2.24, 2.45) is 5.41 Å². The fourth-order valence-corrected chi connectivity index (χ4v) is 2.46. The van der Waals surface area contributed by atoms with E-state index in [1.807, 2.05) is 32.0 Å². The Morgan fingerprint density at radius 3 is 2.20 bits per heavy atom. The molecule has 0 radical (unpaired) electrons. The number of rotatable bonds is 8. The first-order chi connectivity index (χ1) is 9.46. The molecule has 1 rings (SSSR count). The molecule has 0 heterocycles. The third kappa shape index (κ3) is 3.83. The maximum Gasteiger partial charge on any atom is 0.310 e. The van der Waals surface area contributed by atoms with E-state index < -0.39 is 11.4 Å². The number of nitrogens with one attached hydrogen (secondary N) is 1. The standard InChI is InChI=1S/C17H27NO2/c1-5-17(6-2,16(19)20)12-18-14(4)13(3)15-10-8-7-9-11-15/h7-11,13-14,18H,5-6,12H2,1-4H3,(H,19,20). The third-order valence-electron chi connectivity index (χ3n) is 4.65. The van der Waals surface area contributed by atoms with E-state index in [0.717, 1.165) is 0 Å². The van der Waals surface area contributed by atoms with Crippen LogP contribution >= 0.6 is 0 Å². The summed E-state index contributed by atoms with van der Waals surface area (Å²) >= 11 is 0. The zero-order valence-corrected chi connectivity index (χ0v) is 13.0. The summed E-state index contributed by atoms with van der Waals surface area (Å²) < 4.78 is 0. The SMILES string of the molecule is CCC(CC)(CNC(C)C(C)c1ccccc1)C(=O)O. The topological polar surface area (TPSA) is 49.3 Å². The Labute approximate surface area is 122 Å². The summed E-state index contributed by atoms with van der Waals surface area (Å²) in [5, 5.41) is 12.9. The van der Waals surface area contributed by atoms with Gasteiger partial charge in [0.2, 0.25) is 0 Å². The largest absolute Gasteiger partial charge is 0.481 e. The molecule has 0 aromatic heterocycles. The zero-order valence-electron chi connectivity index (χ0n) is 13.0. The first kappa shape index (κ1) is 16.7. The van der Waals surface area contributed by atoms with E-state index in [2.05, 4.69) is 31.3 Å². The predicted octanol–water partition coefficient (Wildman–Crippen LogP) is 3.66. The van der Waals surface area contributed by atoms with Crippen LogP contribution in [0.3, 0.4) is 0 Å². The van der Waals surface area contributed by atoms with Crippen molar-refractivity contribution in [3.05, 3.63) is 35.9 Å². The number of aliphatic carboxylic acids is 1. The van der Waals surface area contributed by atoms with E-state index in [4.69, 9.17) is 0 Å². The Kier molecular flexibility index (Phi) is 6.21. The smallest absolute Gasteiger partial charge is 0.310 e. The van der Waals surface area contributed by atoms with Gasteiger partial charge in [0.15, 0.2) is 0 Å². The van der Waals surface area contributed by atoms with Crippen LogP contribution in [0.15, 0.2) is 30.3 Å². The molecule has 0 aliphatic rings. The number of carbonyl (C=O) groups is 1. The second-order valence-electron chi connectivity index (χ2n) is 5.66. The number of benzene rings is 1. The summed E-state index contributed by atoms with van der Waals surface area (Å²) in [5.74, 6) is -0.342. The van der Waals surface area contributed by atoms with Crippen molar-refractivity contribution in [2.45, 2.75) is 52.5 Å². The molecule has 2 unspecified atom stereocenters. The highest BCUT2D eigenvalue weighted by Gasteiger charge is 2.35. The third-order valence-corrected chi connectivity index (χ3v) is 4.65. The maximum atomic E-state index is 11.5. The van der Waals surface area contributed by atoms with Crippen LogP contribution in [0.4, 0.5) is 0 Å². The molecular formula is C17H27NO2. The molecule has 112 valence electrons. The quantitative estimate of drug-likeness (QED) is 0.762. The molecule has 0 aliphatic carbocycles. The van der Waals surface area contributed by atoms with E-state index in [-0.39, 0.29) is 6.04 Å². The first-order valence-electron chi connectivity index (χ1n) is 7.48. The molecule has 2 N–H and O–H groups in total. The molecule has 3 heteroatoms. The molecule has 0 spiro atoms. The van der Waals surface area contributed by atoms with Crippen LogP contribution < -0.4 is 5.32 Å². The van der Waals surface area contributed by atoms with Crippen LogP contribution in [0.25, 0.3) is 0 Å². The molecule has 0 saturated heterocycles. The van der Waals surface area contributed by atoms with Gasteiger partial charge in [-0.15, -0.1) is 0 Å². The van der Waals surface area contributed by atoms with Gasteiger partial charge in [-0.1, -0.05) is 51.1 Å². The fraction of sp³-hybridized carbons (Fsp3) is 0.588. The van der Waals surface area contributed by atoms with Gasteiger partial charge in [0.1, 0.15) is 0 Å². The van der Waals surface area contributed by atoms with E-state index in [1.54, 1.807) is 0 Å². The minimum atomic E-state index is -0.699. The van der Waals surface area contributed by atoms with Crippen molar-refractivity contribution in [3.63, 3.8) is 0 Å². The average molecular weight is 277 g/mol. The van der Waals surface area contributed by atoms with Gasteiger partial charge >= 0.3 is 5.97 Å².